The zero-order chi connectivity index (χ0) is 16.1. The molecule has 4 nitrogen and oxygen atoms in total. The summed E-state index contributed by atoms with van der Waals surface area (Å²) in [5, 5.41) is 3.70. The molecule has 0 unspecified atom stereocenters. The number of hydrogen-bond donors (Lipinski definition) is 1. The van der Waals surface area contributed by atoms with Crippen LogP contribution in [0.3, 0.4) is 0 Å². The number of nitrogens with one attached hydrogen (secondary N) is 1. The quantitative estimate of drug-likeness (QED) is 0.904. The van der Waals surface area contributed by atoms with Gasteiger partial charge >= 0.3 is 0 Å². The second kappa shape index (κ2) is 7.84. The van der Waals surface area contributed by atoms with Gasteiger partial charge < -0.3 is 10.2 Å². The van der Waals surface area contributed by atoms with Crippen LogP contribution in [0.15, 0.2) is 18.2 Å². The molecule has 2 amide bonds. The van der Waals surface area contributed by atoms with Crippen molar-refractivity contribution in [2.24, 2.45) is 0 Å². The Bertz CT molecular complexity index is 537. The van der Waals surface area contributed by atoms with Crippen LogP contribution in [-0.2, 0) is 9.59 Å². The van der Waals surface area contributed by atoms with Gasteiger partial charge in [-0.3, -0.25) is 9.59 Å². The summed E-state index contributed by atoms with van der Waals surface area (Å²) in [5.41, 5.74) is 0.386. The molecule has 22 heavy (non-hydrogen) atoms. The van der Waals surface area contributed by atoms with Gasteiger partial charge in [0.15, 0.2) is 0 Å². The van der Waals surface area contributed by atoms with E-state index in [0.29, 0.717) is 15.7 Å². The van der Waals surface area contributed by atoms with E-state index in [9.17, 15) is 9.59 Å². The fraction of sp³-hybridized carbons (Fsp3) is 0.500. The second-order valence-corrected chi connectivity index (χ2v) is 6.39. The van der Waals surface area contributed by atoms with Gasteiger partial charge in [-0.1, -0.05) is 48.5 Å². The summed E-state index contributed by atoms with van der Waals surface area (Å²) in [5.74, 6) is -0.452. The van der Waals surface area contributed by atoms with Gasteiger partial charge in [0.25, 0.3) is 0 Å². The lowest BCUT2D eigenvalue weighted by atomic mass is 9.95. The highest BCUT2D eigenvalue weighted by atomic mass is 35.5. The Balaban J connectivity index is 2.08. The number of para-hydroxylation sites is 1. The van der Waals surface area contributed by atoms with Crippen LogP contribution in [0.2, 0.25) is 10.0 Å². The van der Waals surface area contributed by atoms with Crippen molar-refractivity contribution in [3.05, 3.63) is 28.2 Å². The third kappa shape index (κ3) is 4.37. The monoisotopic (exact) mass is 342 g/mol. The average molecular weight is 343 g/mol. The number of benzene rings is 1. The minimum absolute atomic E-state index is 0.0741. The van der Waals surface area contributed by atoms with Gasteiger partial charge in [-0.2, -0.15) is 0 Å². The molecule has 1 aliphatic carbocycles. The number of amides is 2. The summed E-state index contributed by atoms with van der Waals surface area (Å²) < 4.78 is 0. The van der Waals surface area contributed by atoms with Crippen LogP contribution >= 0.6 is 23.2 Å². The van der Waals surface area contributed by atoms with Crippen molar-refractivity contribution in [1.29, 1.82) is 0 Å². The summed E-state index contributed by atoms with van der Waals surface area (Å²) in [6.07, 6.45) is 5.49. The standard InChI is InChI=1S/C16H20Cl2N2O2/c1-11(21)20(16-13(17)8-5-9-14(16)18)10-15(22)19-12-6-3-2-4-7-12/h5,8-9,12H,2-4,6-7,10H2,1H3,(H,19,22). The van der Waals surface area contributed by atoms with Crippen LogP contribution in [0, 0.1) is 0 Å². The molecule has 0 saturated heterocycles. The van der Waals surface area contributed by atoms with Crippen LogP contribution in [0.5, 0.6) is 0 Å². The van der Waals surface area contributed by atoms with Crippen molar-refractivity contribution in [3.63, 3.8) is 0 Å². The smallest absolute Gasteiger partial charge is 0.240 e. The summed E-state index contributed by atoms with van der Waals surface area (Å²) in [6, 6.07) is 5.21. The third-order valence-electron chi connectivity index (χ3n) is 3.86. The maximum atomic E-state index is 12.2. The molecule has 2 rings (SSSR count). The first-order valence-electron chi connectivity index (χ1n) is 7.50. The fourth-order valence-corrected chi connectivity index (χ4v) is 3.36. The molecule has 0 spiro atoms. The molecule has 1 saturated carbocycles. The Morgan fingerprint density at radius 3 is 2.32 bits per heavy atom. The zero-order valence-corrected chi connectivity index (χ0v) is 14.1. The normalized spacial score (nSPS) is 15.4. The lowest BCUT2D eigenvalue weighted by molar-refractivity contribution is -0.123. The van der Waals surface area contributed by atoms with Crippen molar-refractivity contribution in [2.75, 3.05) is 11.4 Å². The number of hydrogen-bond acceptors (Lipinski definition) is 2. The van der Waals surface area contributed by atoms with E-state index in [1.807, 2.05) is 0 Å². The molecule has 0 aromatic heterocycles. The van der Waals surface area contributed by atoms with E-state index in [-0.39, 0.29) is 24.4 Å². The molecule has 120 valence electrons. The fourth-order valence-electron chi connectivity index (χ4n) is 2.76. The van der Waals surface area contributed by atoms with Crippen molar-refractivity contribution >= 4 is 40.7 Å². The summed E-state index contributed by atoms with van der Waals surface area (Å²) in [7, 11) is 0. The minimum atomic E-state index is -0.270. The molecule has 0 atom stereocenters. The van der Waals surface area contributed by atoms with Gasteiger partial charge in [0.05, 0.1) is 15.7 Å². The van der Waals surface area contributed by atoms with Gasteiger partial charge in [-0.05, 0) is 25.0 Å². The SMILES string of the molecule is CC(=O)N(CC(=O)NC1CCCCC1)c1c(Cl)cccc1Cl. The molecule has 1 fully saturated rings. The molecule has 1 aliphatic rings. The van der Waals surface area contributed by atoms with Crippen molar-refractivity contribution in [1.82, 2.24) is 5.32 Å². The van der Waals surface area contributed by atoms with E-state index in [0.717, 1.165) is 25.7 Å². The summed E-state index contributed by atoms with van der Waals surface area (Å²) >= 11 is 12.3. The van der Waals surface area contributed by atoms with Gasteiger partial charge in [0.1, 0.15) is 6.54 Å². The van der Waals surface area contributed by atoms with E-state index >= 15 is 0 Å². The number of anilines is 1. The highest BCUT2D eigenvalue weighted by Crippen LogP contribution is 2.33. The molecule has 1 aromatic rings. The molecule has 0 radical (unpaired) electrons. The van der Waals surface area contributed by atoms with Crippen molar-refractivity contribution < 1.29 is 9.59 Å². The molecular formula is C16H20Cl2N2O2. The Labute approximate surface area is 140 Å². The number of rotatable bonds is 4. The first-order chi connectivity index (χ1) is 10.5. The number of halogens is 2. The third-order valence-corrected chi connectivity index (χ3v) is 4.47. The van der Waals surface area contributed by atoms with Crippen molar-refractivity contribution in [3.8, 4) is 0 Å². The van der Waals surface area contributed by atoms with E-state index in [1.165, 1.54) is 18.2 Å². The number of carbonyl (C=O) groups excluding carboxylic acids is 2. The van der Waals surface area contributed by atoms with Crippen LogP contribution < -0.4 is 10.2 Å². The molecule has 1 N–H and O–H groups in total. The predicted octanol–water partition coefficient (Wildman–Crippen LogP) is 3.80. The average Bonchev–Trinajstić information content (AvgIpc) is 2.46. The van der Waals surface area contributed by atoms with E-state index < -0.39 is 0 Å². The molecule has 0 heterocycles. The van der Waals surface area contributed by atoms with Gasteiger partial charge in [-0.25, -0.2) is 0 Å². The largest absolute Gasteiger partial charge is 0.352 e. The minimum Gasteiger partial charge on any atom is -0.352 e. The number of nitrogens with zero attached hydrogens (tertiary/aromatic N) is 1. The highest BCUT2D eigenvalue weighted by molar-refractivity contribution is 6.40. The van der Waals surface area contributed by atoms with Crippen LogP contribution in [-0.4, -0.2) is 24.4 Å². The summed E-state index contributed by atoms with van der Waals surface area (Å²) in [4.78, 5) is 25.5. The van der Waals surface area contributed by atoms with E-state index in [2.05, 4.69) is 5.32 Å². The molecule has 0 bridgehead atoms. The van der Waals surface area contributed by atoms with E-state index in [4.69, 9.17) is 23.2 Å². The van der Waals surface area contributed by atoms with Crippen LogP contribution in [0.1, 0.15) is 39.0 Å². The Kier molecular flexibility index (Phi) is 6.09. The first kappa shape index (κ1) is 17.1. The van der Waals surface area contributed by atoms with Gasteiger partial charge in [0, 0.05) is 13.0 Å². The lowest BCUT2D eigenvalue weighted by Crippen LogP contribution is -2.44. The molecule has 0 aliphatic heterocycles. The van der Waals surface area contributed by atoms with E-state index in [1.54, 1.807) is 18.2 Å². The second-order valence-electron chi connectivity index (χ2n) is 5.58. The van der Waals surface area contributed by atoms with Gasteiger partial charge in [-0.15, -0.1) is 0 Å². The number of carbonyl (C=O) groups is 2. The first-order valence-corrected chi connectivity index (χ1v) is 8.26. The Morgan fingerprint density at radius 2 is 1.77 bits per heavy atom. The Hall–Kier alpha value is -1.26. The molecule has 6 heteroatoms. The lowest BCUT2D eigenvalue weighted by Gasteiger charge is -2.26. The molecular weight excluding hydrogens is 323 g/mol. The van der Waals surface area contributed by atoms with Crippen molar-refractivity contribution in [2.45, 2.75) is 45.1 Å². The summed E-state index contributed by atoms with van der Waals surface area (Å²) in [6.45, 7) is 1.32. The zero-order valence-electron chi connectivity index (χ0n) is 12.6. The van der Waals surface area contributed by atoms with Gasteiger partial charge in [0.2, 0.25) is 11.8 Å². The van der Waals surface area contributed by atoms with Crippen LogP contribution in [0.4, 0.5) is 5.69 Å². The maximum Gasteiger partial charge on any atom is 0.240 e. The highest BCUT2D eigenvalue weighted by Gasteiger charge is 2.23. The maximum absolute atomic E-state index is 12.2. The predicted molar refractivity (Wildman–Crippen MR) is 89.5 cm³/mol. The van der Waals surface area contributed by atoms with Crippen LogP contribution in [0.25, 0.3) is 0 Å². The topological polar surface area (TPSA) is 49.4 Å². The Morgan fingerprint density at radius 1 is 1.18 bits per heavy atom. The molecule has 1 aromatic carbocycles.